The summed E-state index contributed by atoms with van der Waals surface area (Å²) in [5.41, 5.74) is 2.52. The van der Waals surface area contributed by atoms with Crippen molar-refractivity contribution in [3.05, 3.63) is 29.1 Å². The smallest absolute Gasteiger partial charge is 0.249 e. The molecule has 0 aromatic carbocycles. The third kappa shape index (κ3) is 2.05. The maximum Gasteiger partial charge on any atom is 0.249 e. The molecule has 0 N–H and O–H groups in total. The van der Waals surface area contributed by atoms with E-state index in [0.717, 1.165) is 16.6 Å². The minimum atomic E-state index is 0.179. The molecule has 104 valence electrons. The molecule has 3 aromatic heterocycles. The molecule has 3 heterocycles. The molecule has 0 aliphatic heterocycles. The van der Waals surface area contributed by atoms with Crippen LogP contribution in [-0.4, -0.2) is 24.8 Å². The van der Waals surface area contributed by atoms with Gasteiger partial charge in [0.2, 0.25) is 11.8 Å². The Hall–Kier alpha value is -1.66. The molecule has 0 spiro atoms. The van der Waals surface area contributed by atoms with Gasteiger partial charge in [-0.1, -0.05) is 25.4 Å². The molecule has 6 nitrogen and oxygen atoms in total. The summed E-state index contributed by atoms with van der Waals surface area (Å²) in [7, 11) is 0. The second kappa shape index (κ2) is 5.03. The monoisotopic (exact) mass is 311 g/mol. The van der Waals surface area contributed by atoms with Crippen molar-refractivity contribution >= 4 is 28.7 Å². The first-order valence-electron chi connectivity index (χ1n) is 6.02. The van der Waals surface area contributed by atoms with Crippen molar-refractivity contribution in [2.75, 3.05) is 0 Å². The van der Waals surface area contributed by atoms with Crippen LogP contribution >= 0.6 is 23.2 Å². The van der Waals surface area contributed by atoms with Crippen LogP contribution in [0.2, 0.25) is 5.15 Å². The molecule has 3 aromatic rings. The van der Waals surface area contributed by atoms with Crippen LogP contribution in [0.25, 0.3) is 17.0 Å². The normalized spacial score (nSPS) is 11.7. The molecule has 0 amide bonds. The minimum Gasteiger partial charge on any atom is -0.419 e. The molecular formula is C12H11Cl2N5O. The highest BCUT2D eigenvalue weighted by Gasteiger charge is 2.22. The van der Waals surface area contributed by atoms with Crippen LogP contribution in [0.15, 0.2) is 16.9 Å². The lowest BCUT2D eigenvalue weighted by molar-refractivity contribution is 0.526. The SMILES string of the molecule is CC(C)c1c(-c2nnc(CCl)o2)cn2ncnc(Cl)c12. The van der Waals surface area contributed by atoms with Crippen molar-refractivity contribution < 1.29 is 4.42 Å². The van der Waals surface area contributed by atoms with Gasteiger partial charge in [-0.15, -0.1) is 21.8 Å². The molecule has 0 radical (unpaired) electrons. The van der Waals surface area contributed by atoms with Gasteiger partial charge >= 0.3 is 0 Å². The number of hydrogen-bond acceptors (Lipinski definition) is 5. The van der Waals surface area contributed by atoms with Gasteiger partial charge in [0.25, 0.3) is 0 Å². The summed E-state index contributed by atoms with van der Waals surface area (Å²) in [5, 5.41) is 12.5. The van der Waals surface area contributed by atoms with Crippen molar-refractivity contribution in [2.45, 2.75) is 25.6 Å². The van der Waals surface area contributed by atoms with Crippen molar-refractivity contribution in [1.82, 2.24) is 24.8 Å². The fourth-order valence-electron chi connectivity index (χ4n) is 2.17. The Balaban J connectivity index is 2.29. The van der Waals surface area contributed by atoms with E-state index in [1.807, 2.05) is 6.20 Å². The topological polar surface area (TPSA) is 69.1 Å². The van der Waals surface area contributed by atoms with Gasteiger partial charge in [-0.25, -0.2) is 9.50 Å². The van der Waals surface area contributed by atoms with E-state index in [-0.39, 0.29) is 11.8 Å². The number of halogens is 2. The predicted octanol–water partition coefficient (Wildman–Crippen LogP) is 3.29. The highest BCUT2D eigenvalue weighted by atomic mass is 35.5. The lowest BCUT2D eigenvalue weighted by Gasteiger charge is -2.06. The summed E-state index contributed by atoms with van der Waals surface area (Å²) in [6.07, 6.45) is 3.21. The van der Waals surface area contributed by atoms with Crippen LogP contribution in [0.5, 0.6) is 0 Å². The van der Waals surface area contributed by atoms with E-state index in [0.29, 0.717) is 16.9 Å². The van der Waals surface area contributed by atoms with E-state index in [9.17, 15) is 0 Å². The van der Waals surface area contributed by atoms with Gasteiger partial charge in [-0.05, 0) is 11.5 Å². The van der Waals surface area contributed by atoms with Gasteiger partial charge in [0.1, 0.15) is 17.7 Å². The van der Waals surface area contributed by atoms with Gasteiger partial charge in [0, 0.05) is 6.20 Å². The summed E-state index contributed by atoms with van der Waals surface area (Å²) in [6, 6.07) is 0. The molecule has 8 heteroatoms. The minimum absolute atomic E-state index is 0.179. The molecule has 0 fully saturated rings. The Kier molecular flexibility index (Phi) is 3.35. The Morgan fingerprint density at radius 3 is 2.80 bits per heavy atom. The third-order valence-corrected chi connectivity index (χ3v) is 3.46. The average Bonchev–Trinajstić information content (AvgIpc) is 3.02. The maximum atomic E-state index is 6.18. The zero-order chi connectivity index (χ0) is 14.3. The van der Waals surface area contributed by atoms with Crippen molar-refractivity contribution in [2.24, 2.45) is 0 Å². The number of aromatic nitrogens is 5. The van der Waals surface area contributed by atoms with Gasteiger partial charge in [-0.3, -0.25) is 0 Å². The van der Waals surface area contributed by atoms with E-state index >= 15 is 0 Å². The van der Waals surface area contributed by atoms with Crippen LogP contribution in [0.4, 0.5) is 0 Å². The van der Waals surface area contributed by atoms with Crippen molar-refractivity contribution in [3.63, 3.8) is 0 Å². The molecule has 0 atom stereocenters. The van der Waals surface area contributed by atoms with Crippen molar-refractivity contribution in [1.29, 1.82) is 0 Å². The Bertz CT molecular complexity index is 764. The molecule has 0 saturated heterocycles. The summed E-state index contributed by atoms with van der Waals surface area (Å²) in [6.45, 7) is 4.11. The average molecular weight is 312 g/mol. The van der Waals surface area contributed by atoms with Crippen LogP contribution in [0, 0.1) is 0 Å². The second-order valence-electron chi connectivity index (χ2n) is 4.59. The lowest BCUT2D eigenvalue weighted by atomic mass is 10.0. The van der Waals surface area contributed by atoms with Gasteiger partial charge in [0.05, 0.1) is 5.56 Å². The van der Waals surface area contributed by atoms with E-state index in [1.54, 1.807) is 4.52 Å². The number of fused-ring (bicyclic) bond motifs is 1. The molecule has 20 heavy (non-hydrogen) atoms. The van der Waals surface area contributed by atoms with E-state index in [2.05, 4.69) is 34.1 Å². The van der Waals surface area contributed by atoms with Crippen LogP contribution in [0.3, 0.4) is 0 Å². The van der Waals surface area contributed by atoms with Crippen LogP contribution in [0.1, 0.15) is 31.2 Å². The standard InChI is InChI=1S/C12H11Cl2N5O/c1-6(2)9-7(12-18-17-8(3-13)20-12)4-19-10(9)11(14)15-5-16-19/h4-6H,3H2,1-2H3. The molecule has 0 unspecified atom stereocenters. The Labute approximate surface area is 124 Å². The summed E-state index contributed by atoms with van der Waals surface area (Å²) >= 11 is 11.9. The van der Waals surface area contributed by atoms with Crippen molar-refractivity contribution in [3.8, 4) is 11.5 Å². The molecule has 0 aliphatic carbocycles. The first kappa shape index (κ1) is 13.3. The predicted molar refractivity (Wildman–Crippen MR) is 74.9 cm³/mol. The summed E-state index contributed by atoms with van der Waals surface area (Å²) in [4.78, 5) is 4.02. The maximum absolute atomic E-state index is 6.18. The van der Waals surface area contributed by atoms with E-state index < -0.39 is 0 Å². The first-order chi connectivity index (χ1) is 9.61. The fraction of sp³-hybridized carbons (Fsp3) is 0.333. The van der Waals surface area contributed by atoms with E-state index in [4.69, 9.17) is 27.6 Å². The molecule has 3 rings (SSSR count). The number of nitrogens with zero attached hydrogens (tertiary/aromatic N) is 5. The van der Waals surface area contributed by atoms with Gasteiger partial charge in [-0.2, -0.15) is 5.10 Å². The first-order valence-corrected chi connectivity index (χ1v) is 6.93. The summed E-state index contributed by atoms with van der Waals surface area (Å²) < 4.78 is 7.19. The zero-order valence-electron chi connectivity index (χ0n) is 10.8. The highest BCUT2D eigenvalue weighted by Crippen LogP contribution is 2.35. The Morgan fingerprint density at radius 2 is 2.15 bits per heavy atom. The molecular weight excluding hydrogens is 301 g/mol. The second-order valence-corrected chi connectivity index (χ2v) is 5.22. The summed E-state index contributed by atoms with van der Waals surface area (Å²) in [5.74, 6) is 1.16. The number of alkyl halides is 1. The zero-order valence-corrected chi connectivity index (χ0v) is 12.4. The number of rotatable bonds is 3. The lowest BCUT2D eigenvalue weighted by Crippen LogP contribution is -1.95. The number of hydrogen-bond donors (Lipinski definition) is 0. The van der Waals surface area contributed by atoms with Crippen LogP contribution in [-0.2, 0) is 5.88 Å². The fourth-order valence-corrected chi connectivity index (χ4v) is 2.51. The van der Waals surface area contributed by atoms with Crippen LogP contribution < -0.4 is 0 Å². The molecule has 0 saturated carbocycles. The largest absolute Gasteiger partial charge is 0.419 e. The highest BCUT2D eigenvalue weighted by molar-refractivity contribution is 6.32. The third-order valence-electron chi connectivity index (χ3n) is 2.96. The Morgan fingerprint density at radius 1 is 1.35 bits per heavy atom. The van der Waals surface area contributed by atoms with Gasteiger partial charge in [0.15, 0.2) is 5.15 Å². The quantitative estimate of drug-likeness (QED) is 0.694. The molecule has 0 aliphatic rings. The van der Waals surface area contributed by atoms with Gasteiger partial charge < -0.3 is 4.42 Å². The molecule has 0 bridgehead atoms. The van der Waals surface area contributed by atoms with E-state index in [1.165, 1.54) is 6.33 Å².